The summed E-state index contributed by atoms with van der Waals surface area (Å²) in [6, 6.07) is 10.9. The average molecular weight is 308 g/mol. The number of benzene rings is 1. The molecule has 96 valence electrons. The number of nitrogens with zero attached hydrogens (tertiary/aromatic N) is 2. The molecule has 1 atom stereocenters. The van der Waals surface area contributed by atoms with Gasteiger partial charge in [-0.15, -0.1) is 0 Å². The minimum atomic E-state index is 0.309. The second kappa shape index (κ2) is 6.16. The second-order valence-corrected chi connectivity index (χ2v) is 5.24. The number of hydrogen-bond donors (Lipinski definition) is 1. The Morgan fingerprint density at radius 1 is 1.28 bits per heavy atom. The van der Waals surface area contributed by atoms with Crippen molar-refractivity contribution in [3.8, 4) is 0 Å². The van der Waals surface area contributed by atoms with E-state index >= 15 is 0 Å². The maximum atomic E-state index is 4.24. The Kier molecular flexibility index (Phi) is 4.55. The summed E-state index contributed by atoms with van der Waals surface area (Å²) < 4.78 is 3.05. The lowest BCUT2D eigenvalue weighted by Crippen LogP contribution is -2.25. The number of rotatable bonds is 5. The van der Waals surface area contributed by atoms with Crippen LogP contribution in [0.3, 0.4) is 0 Å². The Morgan fingerprint density at radius 3 is 2.56 bits per heavy atom. The number of halogens is 1. The molecule has 0 aliphatic rings. The molecule has 2 rings (SSSR count). The van der Waals surface area contributed by atoms with Gasteiger partial charge in [-0.25, -0.2) is 0 Å². The fraction of sp³-hybridized carbons (Fsp3) is 0.357. The zero-order valence-electron chi connectivity index (χ0n) is 10.7. The van der Waals surface area contributed by atoms with Gasteiger partial charge in [-0.1, -0.05) is 35.0 Å². The molecule has 0 radical (unpaired) electrons. The highest BCUT2D eigenvalue weighted by Gasteiger charge is 2.14. The minimum Gasteiger partial charge on any atom is -0.309 e. The van der Waals surface area contributed by atoms with Crippen LogP contribution < -0.4 is 5.32 Å². The molecule has 0 aliphatic carbocycles. The zero-order chi connectivity index (χ0) is 13.0. The van der Waals surface area contributed by atoms with Crippen molar-refractivity contribution in [2.75, 3.05) is 6.54 Å². The van der Waals surface area contributed by atoms with Crippen LogP contribution in [0.5, 0.6) is 0 Å². The van der Waals surface area contributed by atoms with Crippen LogP contribution in [0.4, 0.5) is 0 Å². The fourth-order valence-electron chi connectivity index (χ4n) is 2.11. The maximum Gasteiger partial charge on any atom is 0.0553 e. The van der Waals surface area contributed by atoms with Gasteiger partial charge < -0.3 is 5.32 Å². The molecule has 0 aliphatic heterocycles. The fourth-order valence-corrected chi connectivity index (χ4v) is 2.37. The van der Waals surface area contributed by atoms with E-state index in [1.54, 1.807) is 0 Å². The van der Waals surface area contributed by atoms with E-state index in [1.807, 2.05) is 17.9 Å². The van der Waals surface area contributed by atoms with Gasteiger partial charge >= 0.3 is 0 Å². The van der Waals surface area contributed by atoms with Crippen molar-refractivity contribution in [3.63, 3.8) is 0 Å². The summed E-state index contributed by atoms with van der Waals surface area (Å²) in [5.74, 6) is 0. The molecule has 1 unspecified atom stereocenters. The standard InChI is InChI=1S/C14H18BrN3/c1-3-16-13(14-8-9-17-18(14)2)10-11-4-6-12(15)7-5-11/h4-9,13,16H,3,10H2,1-2H3. The molecule has 2 aromatic rings. The van der Waals surface area contributed by atoms with Crippen molar-refractivity contribution in [2.45, 2.75) is 19.4 Å². The normalized spacial score (nSPS) is 12.6. The molecule has 1 N–H and O–H groups in total. The van der Waals surface area contributed by atoms with Crippen LogP contribution >= 0.6 is 15.9 Å². The van der Waals surface area contributed by atoms with Gasteiger partial charge in [0.25, 0.3) is 0 Å². The quantitative estimate of drug-likeness (QED) is 0.920. The van der Waals surface area contributed by atoms with Crippen LogP contribution in [0.15, 0.2) is 41.0 Å². The van der Waals surface area contributed by atoms with Crippen LogP contribution in [-0.2, 0) is 13.5 Å². The predicted molar refractivity (Wildman–Crippen MR) is 77.5 cm³/mol. The summed E-state index contributed by atoms with van der Waals surface area (Å²) >= 11 is 3.46. The van der Waals surface area contributed by atoms with Crippen LogP contribution in [0.25, 0.3) is 0 Å². The lowest BCUT2D eigenvalue weighted by Gasteiger charge is -2.18. The third kappa shape index (κ3) is 3.21. The Hall–Kier alpha value is -1.13. The predicted octanol–water partition coefficient (Wildman–Crippen LogP) is 3.08. The van der Waals surface area contributed by atoms with E-state index in [1.165, 1.54) is 11.3 Å². The van der Waals surface area contributed by atoms with Crippen molar-refractivity contribution in [1.82, 2.24) is 15.1 Å². The molecule has 4 heteroatoms. The topological polar surface area (TPSA) is 29.9 Å². The SMILES string of the molecule is CCNC(Cc1ccc(Br)cc1)c1ccnn1C. The third-order valence-corrected chi connectivity index (χ3v) is 3.55. The van der Waals surface area contributed by atoms with Gasteiger partial charge in [0, 0.05) is 17.7 Å². The molecule has 1 aromatic heterocycles. The van der Waals surface area contributed by atoms with Gasteiger partial charge in [0.05, 0.1) is 11.7 Å². The number of aromatic nitrogens is 2. The monoisotopic (exact) mass is 307 g/mol. The molecule has 1 heterocycles. The smallest absolute Gasteiger partial charge is 0.0553 e. The van der Waals surface area contributed by atoms with E-state index in [9.17, 15) is 0 Å². The first-order valence-corrected chi connectivity index (χ1v) is 6.95. The van der Waals surface area contributed by atoms with Crippen molar-refractivity contribution in [2.24, 2.45) is 7.05 Å². The molecule has 18 heavy (non-hydrogen) atoms. The van der Waals surface area contributed by atoms with Crippen LogP contribution in [0, 0.1) is 0 Å². The first-order valence-electron chi connectivity index (χ1n) is 6.16. The van der Waals surface area contributed by atoms with Crippen LogP contribution in [-0.4, -0.2) is 16.3 Å². The van der Waals surface area contributed by atoms with Gasteiger partial charge in [-0.2, -0.15) is 5.10 Å². The molecule has 0 saturated heterocycles. The zero-order valence-corrected chi connectivity index (χ0v) is 12.3. The van der Waals surface area contributed by atoms with E-state index in [-0.39, 0.29) is 0 Å². The van der Waals surface area contributed by atoms with E-state index in [4.69, 9.17) is 0 Å². The largest absolute Gasteiger partial charge is 0.309 e. The molecule has 0 fully saturated rings. The highest BCUT2D eigenvalue weighted by Crippen LogP contribution is 2.19. The molecule has 0 saturated carbocycles. The average Bonchev–Trinajstić information content (AvgIpc) is 2.78. The Labute approximate surface area is 116 Å². The van der Waals surface area contributed by atoms with Crippen molar-refractivity contribution in [3.05, 3.63) is 52.3 Å². The highest BCUT2D eigenvalue weighted by atomic mass is 79.9. The summed E-state index contributed by atoms with van der Waals surface area (Å²) in [6.07, 6.45) is 2.82. The first-order chi connectivity index (χ1) is 8.70. The summed E-state index contributed by atoms with van der Waals surface area (Å²) in [7, 11) is 1.99. The summed E-state index contributed by atoms with van der Waals surface area (Å²) in [5, 5.41) is 7.76. The summed E-state index contributed by atoms with van der Waals surface area (Å²) in [4.78, 5) is 0. The second-order valence-electron chi connectivity index (χ2n) is 4.32. The van der Waals surface area contributed by atoms with Crippen LogP contribution in [0.2, 0.25) is 0 Å². The summed E-state index contributed by atoms with van der Waals surface area (Å²) in [6.45, 7) is 3.08. The first kappa shape index (κ1) is 13.3. The van der Waals surface area contributed by atoms with Gasteiger partial charge in [0.1, 0.15) is 0 Å². The van der Waals surface area contributed by atoms with Gasteiger partial charge in [-0.3, -0.25) is 4.68 Å². The Bertz CT molecular complexity index is 490. The van der Waals surface area contributed by atoms with E-state index < -0.39 is 0 Å². The molecule has 1 aromatic carbocycles. The molecule has 0 amide bonds. The Balaban J connectivity index is 2.16. The van der Waals surface area contributed by atoms with Gasteiger partial charge in [0.15, 0.2) is 0 Å². The van der Waals surface area contributed by atoms with E-state index in [2.05, 4.69) is 63.6 Å². The Morgan fingerprint density at radius 2 is 2.00 bits per heavy atom. The molecule has 3 nitrogen and oxygen atoms in total. The number of likely N-dealkylation sites (N-methyl/N-ethyl adjacent to an activating group) is 1. The van der Waals surface area contributed by atoms with Gasteiger partial charge in [-0.05, 0) is 36.7 Å². The number of hydrogen-bond acceptors (Lipinski definition) is 2. The van der Waals surface area contributed by atoms with Crippen molar-refractivity contribution < 1.29 is 0 Å². The van der Waals surface area contributed by atoms with E-state index in [0.29, 0.717) is 6.04 Å². The third-order valence-electron chi connectivity index (χ3n) is 3.02. The molecule has 0 bridgehead atoms. The molecular weight excluding hydrogens is 290 g/mol. The van der Waals surface area contributed by atoms with E-state index in [0.717, 1.165) is 17.4 Å². The van der Waals surface area contributed by atoms with Gasteiger partial charge in [0.2, 0.25) is 0 Å². The highest BCUT2D eigenvalue weighted by molar-refractivity contribution is 9.10. The maximum absolute atomic E-state index is 4.24. The number of nitrogens with one attached hydrogen (secondary N) is 1. The number of aryl methyl sites for hydroxylation is 1. The molecular formula is C14H18BrN3. The molecule has 0 spiro atoms. The summed E-state index contributed by atoms with van der Waals surface area (Å²) in [5.41, 5.74) is 2.55. The van der Waals surface area contributed by atoms with Crippen molar-refractivity contribution in [1.29, 1.82) is 0 Å². The van der Waals surface area contributed by atoms with Crippen molar-refractivity contribution >= 4 is 15.9 Å². The lowest BCUT2D eigenvalue weighted by atomic mass is 10.0. The minimum absolute atomic E-state index is 0.309. The van der Waals surface area contributed by atoms with Crippen LogP contribution in [0.1, 0.15) is 24.2 Å². The lowest BCUT2D eigenvalue weighted by molar-refractivity contribution is 0.508.